The summed E-state index contributed by atoms with van der Waals surface area (Å²) in [5.41, 5.74) is 0. The van der Waals surface area contributed by atoms with E-state index < -0.39 is 0 Å². The van der Waals surface area contributed by atoms with Gasteiger partial charge in [-0.2, -0.15) is 5.26 Å². The molecular formula is C8H12N3S+. The van der Waals surface area contributed by atoms with Crippen LogP contribution in [0.5, 0.6) is 0 Å². The molecular weight excluding hydrogens is 170 g/mol. The third-order valence-corrected chi connectivity index (χ3v) is 2.06. The summed E-state index contributed by atoms with van der Waals surface area (Å²) in [4.78, 5) is 0. The normalized spacial score (nSPS) is 9.67. The number of nitriles is 1. The Balaban J connectivity index is 2.47. The zero-order chi connectivity index (χ0) is 8.81. The average Bonchev–Trinajstić information content (AvgIpc) is 2.50. The molecule has 0 unspecified atom stereocenters. The minimum absolute atomic E-state index is 0.577. The monoisotopic (exact) mass is 182 g/mol. The van der Waals surface area contributed by atoms with Crippen LogP contribution in [0, 0.1) is 11.3 Å². The van der Waals surface area contributed by atoms with Crippen LogP contribution >= 0.6 is 11.8 Å². The molecule has 0 radical (unpaired) electrons. The van der Waals surface area contributed by atoms with E-state index in [0.29, 0.717) is 6.42 Å². The van der Waals surface area contributed by atoms with Crippen molar-refractivity contribution in [1.82, 2.24) is 4.57 Å². The minimum atomic E-state index is 0.577. The molecule has 0 bridgehead atoms. The summed E-state index contributed by atoms with van der Waals surface area (Å²) in [6.45, 7) is 0.790. The van der Waals surface area contributed by atoms with Gasteiger partial charge < -0.3 is 0 Å². The fourth-order valence-electron chi connectivity index (χ4n) is 0.976. The average molecular weight is 182 g/mol. The standard InChI is InChI=1S/C8H12N3S/c1-12-8-11-6-5-10(7-11)4-2-3-9/h5-7H,2,4,8H2,1H3/q+1. The number of hydrogen-bond acceptors (Lipinski definition) is 2. The fraction of sp³-hybridized carbons (Fsp3) is 0.500. The summed E-state index contributed by atoms with van der Waals surface area (Å²) in [6, 6.07) is 2.12. The summed E-state index contributed by atoms with van der Waals surface area (Å²) < 4.78 is 4.13. The molecule has 0 aliphatic heterocycles. The van der Waals surface area contributed by atoms with Gasteiger partial charge in [-0.3, -0.25) is 0 Å². The van der Waals surface area contributed by atoms with Crippen LogP contribution in [0.2, 0.25) is 0 Å². The van der Waals surface area contributed by atoms with Crippen molar-refractivity contribution < 1.29 is 4.57 Å². The van der Waals surface area contributed by atoms with Gasteiger partial charge in [0.1, 0.15) is 24.8 Å². The Morgan fingerprint density at radius 2 is 2.50 bits per heavy atom. The Labute approximate surface area is 76.6 Å². The molecule has 3 nitrogen and oxygen atoms in total. The van der Waals surface area contributed by atoms with E-state index in [-0.39, 0.29) is 0 Å². The molecule has 12 heavy (non-hydrogen) atoms. The second-order valence-corrected chi connectivity index (χ2v) is 3.33. The zero-order valence-corrected chi connectivity index (χ0v) is 7.92. The molecule has 1 aromatic rings. The van der Waals surface area contributed by atoms with Crippen molar-refractivity contribution in [3.05, 3.63) is 18.7 Å². The van der Waals surface area contributed by atoms with Gasteiger partial charge in [0.25, 0.3) is 0 Å². The van der Waals surface area contributed by atoms with Crippen LogP contribution in [0.1, 0.15) is 6.42 Å². The highest BCUT2D eigenvalue weighted by atomic mass is 32.2. The second kappa shape index (κ2) is 4.83. The van der Waals surface area contributed by atoms with Gasteiger partial charge in [0, 0.05) is 0 Å². The number of hydrogen-bond donors (Lipinski definition) is 0. The van der Waals surface area contributed by atoms with Gasteiger partial charge in [-0.1, -0.05) is 0 Å². The van der Waals surface area contributed by atoms with Crippen LogP contribution in [0.3, 0.4) is 0 Å². The van der Waals surface area contributed by atoms with Gasteiger partial charge in [0.05, 0.1) is 12.5 Å². The minimum Gasteiger partial charge on any atom is -0.236 e. The van der Waals surface area contributed by atoms with Crippen molar-refractivity contribution in [2.75, 3.05) is 6.26 Å². The van der Waals surface area contributed by atoms with E-state index in [9.17, 15) is 0 Å². The van der Waals surface area contributed by atoms with Crippen LogP contribution in [0.4, 0.5) is 0 Å². The van der Waals surface area contributed by atoms with Gasteiger partial charge in [-0.05, 0) is 6.26 Å². The summed E-state index contributed by atoms with van der Waals surface area (Å²) in [6.07, 6.45) is 8.68. The first-order valence-electron chi connectivity index (χ1n) is 3.77. The summed E-state index contributed by atoms with van der Waals surface area (Å²) >= 11 is 1.78. The van der Waals surface area contributed by atoms with E-state index in [2.05, 4.69) is 16.9 Å². The molecule has 0 aliphatic carbocycles. The van der Waals surface area contributed by atoms with E-state index >= 15 is 0 Å². The van der Waals surface area contributed by atoms with Crippen molar-refractivity contribution >= 4 is 11.8 Å². The van der Waals surface area contributed by atoms with Crippen molar-refractivity contribution in [3.8, 4) is 6.07 Å². The molecule has 1 aromatic heterocycles. The molecule has 4 heteroatoms. The number of aryl methyl sites for hydroxylation is 1. The van der Waals surface area contributed by atoms with Crippen molar-refractivity contribution in [1.29, 1.82) is 5.26 Å². The Morgan fingerprint density at radius 1 is 1.67 bits per heavy atom. The number of thioether (sulfide) groups is 1. The SMILES string of the molecule is CSC[n+]1ccn(CCC#N)c1. The Morgan fingerprint density at radius 3 is 3.17 bits per heavy atom. The van der Waals surface area contributed by atoms with E-state index in [1.807, 2.05) is 23.3 Å². The molecule has 64 valence electrons. The molecule has 0 amide bonds. The first-order valence-corrected chi connectivity index (χ1v) is 5.17. The summed E-state index contributed by atoms with van der Waals surface area (Å²) in [5, 5.41) is 8.36. The predicted molar refractivity (Wildman–Crippen MR) is 48.4 cm³/mol. The first-order chi connectivity index (χ1) is 5.86. The Kier molecular flexibility index (Phi) is 3.68. The predicted octanol–water partition coefficient (Wildman–Crippen LogP) is 1.01. The molecule has 1 heterocycles. The maximum atomic E-state index is 8.36. The molecule has 0 fully saturated rings. The van der Waals surface area contributed by atoms with Gasteiger partial charge in [0.2, 0.25) is 6.33 Å². The van der Waals surface area contributed by atoms with E-state index in [0.717, 1.165) is 12.4 Å². The summed E-state index contributed by atoms with van der Waals surface area (Å²) in [5.74, 6) is 0.972. The van der Waals surface area contributed by atoms with Gasteiger partial charge in [0.15, 0.2) is 0 Å². The van der Waals surface area contributed by atoms with Crippen LogP contribution in [-0.4, -0.2) is 10.8 Å². The lowest BCUT2D eigenvalue weighted by molar-refractivity contribution is -0.675. The molecule has 1 rings (SSSR count). The molecule has 0 spiro atoms. The molecule has 0 saturated heterocycles. The Hall–Kier alpha value is -0.950. The number of rotatable bonds is 4. The second-order valence-electron chi connectivity index (χ2n) is 2.49. The lowest BCUT2D eigenvalue weighted by Gasteiger charge is -1.89. The molecule has 0 aliphatic rings. The third kappa shape index (κ3) is 2.59. The topological polar surface area (TPSA) is 32.6 Å². The van der Waals surface area contributed by atoms with Gasteiger partial charge >= 0.3 is 0 Å². The van der Waals surface area contributed by atoms with Gasteiger partial charge in [-0.25, -0.2) is 9.13 Å². The van der Waals surface area contributed by atoms with Crippen molar-refractivity contribution in [2.45, 2.75) is 18.8 Å². The molecule has 0 N–H and O–H groups in total. The summed E-state index contributed by atoms with van der Waals surface area (Å²) in [7, 11) is 0. The highest BCUT2D eigenvalue weighted by Gasteiger charge is 2.00. The number of nitrogens with zero attached hydrogens (tertiary/aromatic N) is 3. The number of aromatic nitrogens is 2. The molecule has 0 aromatic carbocycles. The van der Waals surface area contributed by atoms with Crippen LogP contribution < -0.4 is 4.57 Å². The zero-order valence-electron chi connectivity index (χ0n) is 7.10. The lowest BCUT2D eigenvalue weighted by atomic mass is 10.5. The highest BCUT2D eigenvalue weighted by molar-refractivity contribution is 7.97. The van der Waals surface area contributed by atoms with Crippen LogP contribution in [0.15, 0.2) is 18.7 Å². The van der Waals surface area contributed by atoms with E-state index in [1.165, 1.54) is 0 Å². The van der Waals surface area contributed by atoms with E-state index in [4.69, 9.17) is 5.26 Å². The smallest absolute Gasteiger partial charge is 0.236 e. The third-order valence-electron chi connectivity index (χ3n) is 1.51. The molecule has 0 atom stereocenters. The van der Waals surface area contributed by atoms with Gasteiger partial charge in [-0.15, -0.1) is 11.8 Å². The lowest BCUT2D eigenvalue weighted by Crippen LogP contribution is -2.28. The maximum absolute atomic E-state index is 8.36. The number of imidazole rings is 1. The largest absolute Gasteiger partial charge is 0.244 e. The van der Waals surface area contributed by atoms with Crippen molar-refractivity contribution in [2.24, 2.45) is 0 Å². The fourth-order valence-corrected chi connectivity index (χ4v) is 1.43. The van der Waals surface area contributed by atoms with Crippen LogP contribution in [-0.2, 0) is 12.4 Å². The van der Waals surface area contributed by atoms with E-state index in [1.54, 1.807) is 11.8 Å². The highest BCUT2D eigenvalue weighted by Crippen LogP contribution is 1.92. The van der Waals surface area contributed by atoms with Crippen LogP contribution in [0.25, 0.3) is 0 Å². The first kappa shape index (κ1) is 9.14. The Bertz CT molecular complexity index is 274. The van der Waals surface area contributed by atoms with Crippen molar-refractivity contribution in [3.63, 3.8) is 0 Å². The quantitative estimate of drug-likeness (QED) is 0.651. The maximum Gasteiger partial charge on any atom is 0.244 e. The molecule has 0 saturated carbocycles.